The van der Waals surface area contributed by atoms with Crippen LogP contribution in [0.1, 0.15) is 39.0 Å². The van der Waals surface area contributed by atoms with Crippen molar-refractivity contribution in [1.29, 1.82) is 0 Å². The van der Waals surface area contributed by atoms with Gasteiger partial charge in [0.25, 0.3) is 0 Å². The van der Waals surface area contributed by atoms with Crippen LogP contribution < -0.4 is 15.0 Å². The number of aromatic nitrogens is 2. The lowest BCUT2D eigenvalue weighted by atomic mass is 9.96. The Morgan fingerprint density at radius 2 is 1.80 bits per heavy atom. The predicted molar refractivity (Wildman–Crippen MR) is 162 cm³/mol. The molecule has 3 fully saturated rings. The Morgan fingerprint density at radius 3 is 2.59 bits per heavy atom. The van der Waals surface area contributed by atoms with E-state index in [0.717, 1.165) is 56.3 Å². The number of fused-ring (bicyclic) bond motifs is 4. The van der Waals surface area contributed by atoms with Crippen molar-refractivity contribution in [3.05, 3.63) is 53.3 Å². The maximum Gasteiger partial charge on any atom is 0.319 e. The summed E-state index contributed by atoms with van der Waals surface area (Å²) in [7, 11) is 0. The van der Waals surface area contributed by atoms with Crippen LogP contribution in [-0.4, -0.2) is 70.9 Å². The minimum absolute atomic E-state index is 0.0458. The Hall–Kier alpha value is -3.20. The van der Waals surface area contributed by atoms with Crippen molar-refractivity contribution in [3.8, 4) is 22.9 Å². The van der Waals surface area contributed by atoms with E-state index in [1.54, 1.807) is 18.2 Å². The van der Waals surface area contributed by atoms with Gasteiger partial charge in [-0.25, -0.2) is 4.39 Å². The van der Waals surface area contributed by atoms with Crippen LogP contribution in [0.4, 0.5) is 10.2 Å². The van der Waals surface area contributed by atoms with E-state index in [2.05, 4.69) is 20.1 Å². The van der Waals surface area contributed by atoms with Crippen LogP contribution >= 0.6 is 11.6 Å². The van der Waals surface area contributed by atoms with Gasteiger partial charge >= 0.3 is 6.01 Å². The number of phenols is 1. The summed E-state index contributed by atoms with van der Waals surface area (Å²) in [5.41, 5.74) is 0.905. The molecule has 7 nitrogen and oxygen atoms in total. The van der Waals surface area contributed by atoms with Gasteiger partial charge in [0.2, 0.25) is 0 Å². The third kappa shape index (κ3) is 5.18. The molecule has 3 aromatic carbocycles. The molecule has 1 aromatic heterocycles. The van der Waals surface area contributed by atoms with Crippen molar-refractivity contribution in [3.63, 3.8) is 0 Å². The van der Waals surface area contributed by atoms with Gasteiger partial charge in [-0.05, 0) is 80.2 Å². The molecule has 0 radical (unpaired) electrons. The third-order valence-electron chi connectivity index (χ3n) is 8.74. The van der Waals surface area contributed by atoms with Gasteiger partial charge in [0.05, 0.1) is 5.02 Å². The summed E-state index contributed by atoms with van der Waals surface area (Å²) in [5, 5.41) is 16.6. The first kappa shape index (κ1) is 26.7. The number of anilines is 1. The van der Waals surface area contributed by atoms with Gasteiger partial charge in [0, 0.05) is 42.7 Å². The highest BCUT2D eigenvalue weighted by atomic mass is 35.5. The molecule has 0 aliphatic carbocycles. The number of piperidine rings is 1. The van der Waals surface area contributed by atoms with Crippen LogP contribution in [0.15, 0.2) is 42.5 Å². The molecule has 0 saturated carbocycles. The molecule has 3 saturated heterocycles. The molecule has 2 N–H and O–H groups in total. The quantitative estimate of drug-likeness (QED) is 0.286. The summed E-state index contributed by atoms with van der Waals surface area (Å²) < 4.78 is 23.0. The molecule has 9 heteroatoms. The number of phenolic OH excluding ortho intramolecular Hbond substituents is 1. The molecule has 2 bridgehead atoms. The molecule has 4 aromatic rings. The second-order valence-electron chi connectivity index (χ2n) is 11.8. The van der Waals surface area contributed by atoms with Gasteiger partial charge < -0.3 is 20.1 Å². The molecular weight excluding hydrogens is 541 g/mol. The molecule has 3 aliphatic rings. The highest BCUT2D eigenvalue weighted by Gasteiger charge is 2.34. The largest absolute Gasteiger partial charge is 0.508 e. The van der Waals surface area contributed by atoms with Crippen molar-refractivity contribution in [2.24, 2.45) is 0 Å². The topological polar surface area (TPSA) is 73.8 Å². The number of ether oxygens (including phenoxy) is 1. The fourth-order valence-electron chi connectivity index (χ4n) is 6.89. The zero-order valence-electron chi connectivity index (χ0n) is 23.2. The van der Waals surface area contributed by atoms with E-state index in [1.807, 2.05) is 31.2 Å². The second kappa shape index (κ2) is 10.9. The van der Waals surface area contributed by atoms with Crippen molar-refractivity contribution in [1.82, 2.24) is 20.2 Å². The van der Waals surface area contributed by atoms with Crippen LogP contribution in [0.3, 0.4) is 0 Å². The van der Waals surface area contributed by atoms with Crippen molar-refractivity contribution in [2.75, 3.05) is 37.6 Å². The average Bonchev–Trinajstić information content (AvgIpc) is 3.30. The van der Waals surface area contributed by atoms with Crippen LogP contribution in [0.25, 0.3) is 32.8 Å². The lowest BCUT2D eigenvalue weighted by molar-refractivity contribution is 0.123. The van der Waals surface area contributed by atoms with Crippen molar-refractivity contribution >= 4 is 39.1 Å². The first-order chi connectivity index (χ1) is 19.9. The number of benzene rings is 3. The molecular formula is C32H35ClFN5O2. The summed E-state index contributed by atoms with van der Waals surface area (Å²) in [4.78, 5) is 14.2. The van der Waals surface area contributed by atoms with Gasteiger partial charge in [0.1, 0.15) is 23.2 Å². The highest BCUT2D eigenvalue weighted by Crippen LogP contribution is 2.43. The Kier molecular flexibility index (Phi) is 7.09. The predicted octanol–water partition coefficient (Wildman–Crippen LogP) is 6.14. The summed E-state index contributed by atoms with van der Waals surface area (Å²) in [6, 6.07) is 13.5. The van der Waals surface area contributed by atoms with Crippen LogP contribution in [0, 0.1) is 5.82 Å². The van der Waals surface area contributed by atoms with E-state index in [1.165, 1.54) is 19.3 Å². The SMILES string of the molecule is C[C@H](CN1CCCCC1)Oc1nc(N2CC3CCC(C2)N3)c2cc(Cl)c(-c3cc(O)cc4ccccc34)c(F)c2n1. The van der Waals surface area contributed by atoms with Gasteiger partial charge in [0.15, 0.2) is 5.82 Å². The maximum absolute atomic E-state index is 16.7. The smallest absolute Gasteiger partial charge is 0.319 e. The van der Waals surface area contributed by atoms with E-state index < -0.39 is 5.82 Å². The summed E-state index contributed by atoms with van der Waals surface area (Å²) in [5.74, 6) is 0.157. The Morgan fingerprint density at radius 1 is 1.05 bits per heavy atom. The molecule has 2 unspecified atom stereocenters. The fourth-order valence-corrected chi connectivity index (χ4v) is 7.19. The molecule has 214 valence electrons. The number of rotatable bonds is 6. The Labute approximate surface area is 244 Å². The number of piperazine rings is 1. The molecule has 7 rings (SSSR count). The molecule has 41 heavy (non-hydrogen) atoms. The summed E-state index contributed by atoms with van der Waals surface area (Å²) in [6.07, 6.45) is 5.76. The number of nitrogens with zero attached hydrogens (tertiary/aromatic N) is 4. The van der Waals surface area contributed by atoms with Crippen LogP contribution in [0.2, 0.25) is 5.02 Å². The van der Waals surface area contributed by atoms with Crippen LogP contribution in [0.5, 0.6) is 11.8 Å². The zero-order chi connectivity index (χ0) is 28.1. The van der Waals surface area contributed by atoms with Crippen molar-refractivity contribution < 1.29 is 14.2 Å². The molecule has 0 amide bonds. The lowest BCUT2D eigenvalue weighted by Gasteiger charge is -2.34. The number of likely N-dealkylation sites (tertiary alicyclic amines) is 1. The number of nitrogens with one attached hydrogen (secondary N) is 1. The van der Waals surface area contributed by atoms with Crippen LogP contribution in [-0.2, 0) is 0 Å². The van der Waals surface area contributed by atoms with Gasteiger partial charge in [-0.2, -0.15) is 9.97 Å². The first-order valence-corrected chi connectivity index (χ1v) is 15.1. The minimum atomic E-state index is -0.543. The minimum Gasteiger partial charge on any atom is -0.508 e. The third-order valence-corrected chi connectivity index (χ3v) is 9.04. The molecule has 4 heterocycles. The lowest BCUT2D eigenvalue weighted by Crippen LogP contribution is -2.51. The summed E-state index contributed by atoms with van der Waals surface area (Å²) >= 11 is 6.86. The van der Waals surface area contributed by atoms with E-state index in [4.69, 9.17) is 21.3 Å². The Balaban J connectivity index is 1.35. The van der Waals surface area contributed by atoms with E-state index in [-0.39, 0.29) is 34.0 Å². The standard InChI is InChI=1S/C32H35ClFN5O2/c1-19(16-38-11-5-2-6-12-38)41-32-36-30-26(31(37-32)39-17-21-9-10-22(18-39)35-21)15-27(33)28(29(30)34)25-14-23(40)13-20-7-3-4-8-24(20)25/h3-4,7-8,13-15,19,21-22,35,40H,2,5-6,9-12,16-18H2,1H3/t19-,21?,22?/m1/s1. The number of aromatic hydroxyl groups is 1. The van der Waals surface area contributed by atoms with Gasteiger partial charge in [-0.1, -0.05) is 42.3 Å². The fraction of sp³-hybridized carbons (Fsp3) is 0.438. The number of hydrogen-bond acceptors (Lipinski definition) is 7. The first-order valence-electron chi connectivity index (χ1n) is 14.7. The van der Waals surface area contributed by atoms with Gasteiger partial charge in [-0.3, -0.25) is 4.90 Å². The molecule has 0 spiro atoms. The van der Waals surface area contributed by atoms with Crippen molar-refractivity contribution in [2.45, 2.75) is 57.2 Å². The number of hydrogen-bond donors (Lipinski definition) is 2. The number of halogens is 2. The van der Waals surface area contributed by atoms with Gasteiger partial charge in [-0.15, -0.1) is 0 Å². The second-order valence-corrected chi connectivity index (χ2v) is 12.2. The van der Waals surface area contributed by atoms with E-state index >= 15 is 4.39 Å². The average molecular weight is 576 g/mol. The summed E-state index contributed by atoms with van der Waals surface area (Å²) in [6.45, 7) is 6.49. The van der Waals surface area contributed by atoms with E-state index in [9.17, 15) is 5.11 Å². The zero-order valence-corrected chi connectivity index (χ0v) is 24.0. The highest BCUT2D eigenvalue weighted by molar-refractivity contribution is 6.35. The maximum atomic E-state index is 16.7. The Bertz CT molecular complexity index is 1600. The monoisotopic (exact) mass is 575 g/mol. The normalized spacial score (nSPS) is 22.0. The molecule has 3 atom stereocenters. The van der Waals surface area contributed by atoms with E-state index in [0.29, 0.717) is 28.9 Å². The molecule has 3 aliphatic heterocycles.